The van der Waals surface area contributed by atoms with Crippen LogP contribution in [-0.4, -0.2) is 55.0 Å². The largest absolute Gasteiger partial charge is 0.486 e. The summed E-state index contributed by atoms with van der Waals surface area (Å²) in [6, 6.07) is 3.25. The van der Waals surface area contributed by atoms with Gasteiger partial charge in [-0.1, -0.05) is 37.4 Å². The van der Waals surface area contributed by atoms with E-state index in [2.05, 4.69) is 26.0 Å². The summed E-state index contributed by atoms with van der Waals surface area (Å²) in [7, 11) is 2.13. The van der Waals surface area contributed by atoms with Gasteiger partial charge in [0.15, 0.2) is 0 Å². The molecule has 137 valence electrons. The third-order valence-corrected chi connectivity index (χ3v) is 5.17. The topological polar surface area (TPSA) is 105 Å². The van der Waals surface area contributed by atoms with Gasteiger partial charge in [-0.2, -0.15) is 4.91 Å². The summed E-state index contributed by atoms with van der Waals surface area (Å²) in [4.78, 5) is 24.1. The maximum atomic E-state index is 11.8. The lowest BCUT2D eigenvalue weighted by Gasteiger charge is -2.43. The number of carboxylic acids is 1. The van der Waals surface area contributed by atoms with Gasteiger partial charge in [0.1, 0.15) is 31.2 Å². The summed E-state index contributed by atoms with van der Waals surface area (Å²) in [6.45, 7) is 7.11. The number of hydrogen-bond donors (Lipinski definition) is 2. The van der Waals surface area contributed by atoms with Crippen molar-refractivity contribution in [3.05, 3.63) is 46.0 Å². The molecule has 2 aliphatic heterocycles. The quantitative estimate of drug-likeness (QED) is 0.570. The molecule has 0 bridgehead atoms. The predicted molar refractivity (Wildman–Crippen MR) is 99.8 cm³/mol. The third kappa shape index (κ3) is 3.46. The maximum Gasteiger partial charge on any atom is 0.339 e. The van der Waals surface area contributed by atoms with Crippen LogP contribution in [0.4, 0.5) is 0 Å². The van der Waals surface area contributed by atoms with Crippen LogP contribution in [0.3, 0.4) is 0 Å². The molecule has 26 heavy (non-hydrogen) atoms. The van der Waals surface area contributed by atoms with E-state index < -0.39 is 12.0 Å². The van der Waals surface area contributed by atoms with E-state index in [-0.39, 0.29) is 18.2 Å². The molecule has 0 spiro atoms. The minimum absolute atomic E-state index is 0.0104. The van der Waals surface area contributed by atoms with Crippen molar-refractivity contribution in [3.63, 3.8) is 0 Å². The van der Waals surface area contributed by atoms with Crippen LogP contribution in [0.25, 0.3) is 0 Å². The van der Waals surface area contributed by atoms with Gasteiger partial charge in [0.2, 0.25) is 0 Å². The lowest BCUT2D eigenvalue weighted by atomic mass is 9.58. The molecule has 3 rings (SSSR count). The maximum absolute atomic E-state index is 11.8. The summed E-state index contributed by atoms with van der Waals surface area (Å²) in [5.74, 6) is -0.228. The molecule has 1 aromatic rings. The van der Waals surface area contributed by atoms with Crippen LogP contribution in [0.2, 0.25) is 6.32 Å². The second-order valence-corrected chi connectivity index (χ2v) is 7.00. The summed E-state index contributed by atoms with van der Waals surface area (Å²) in [5, 5.41) is 12.5. The molecule has 1 fully saturated rings. The summed E-state index contributed by atoms with van der Waals surface area (Å²) in [6.07, 6.45) is 1.48. The number of carbonyl (C=O) groups is 1. The normalized spacial score (nSPS) is 20.4. The van der Waals surface area contributed by atoms with Gasteiger partial charge in [0, 0.05) is 5.70 Å². The van der Waals surface area contributed by atoms with E-state index in [0.717, 1.165) is 17.4 Å². The van der Waals surface area contributed by atoms with E-state index in [0.29, 0.717) is 36.8 Å². The van der Waals surface area contributed by atoms with E-state index in [1.54, 1.807) is 6.07 Å². The van der Waals surface area contributed by atoms with Crippen molar-refractivity contribution >= 4 is 13.2 Å². The van der Waals surface area contributed by atoms with Crippen LogP contribution in [0.1, 0.15) is 34.3 Å². The number of nitrogens with two attached hydrogens (primary N) is 1. The lowest BCUT2D eigenvalue weighted by molar-refractivity contribution is 0.0385. The standard InChI is InChI=1S/C18H23BN3O4/c1-10-5-19-6-14-13(10)3-4-16(17(14)18(23)24)26-12-8-22(9-12)11(2)15(20)7-21-25/h3-4,10,12,15H,2,5-9,20H2,1H3,(H,23,24)/t10-,15?/m0/s1. The van der Waals surface area contributed by atoms with Gasteiger partial charge in [-0.3, -0.25) is 0 Å². The first-order chi connectivity index (χ1) is 12.4. The van der Waals surface area contributed by atoms with Crippen LogP contribution in [0.5, 0.6) is 5.75 Å². The minimum Gasteiger partial charge on any atom is -0.486 e. The van der Waals surface area contributed by atoms with Crippen molar-refractivity contribution in [1.82, 2.24) is 4.90 Å². The zero-order chi connectivity index (χ0) is 18.8. The van der Waals surface area contributed by atoms with E-state index >= 15 is 0 Å². The molecule has 1 aromatic carbocycles. The zero-order valence-electron chi connectivity index (χ0n) is 14.9. The Labute approximate surface area is 153 Å². The highest BCUT2D eigenvalue weighted by Gasteiger charge is 2.33. The Balaban J connectivity index is 1.71. The molecule has 7 nitrogen and oxygen atoms in total. The van der Waals surface area contributed by atoms with Crippen molar-refractivity contribution in [2.75, 3.05) is 19.6 Å². The Bertz CT molecular complexity index is 733. The zero-order valence-corrected chi connectivity index (χ0v) is 14.9. The molecule has 2 heterocycles. The Morgan fingerprint density at radius 3 is 2.92 bits per heavy atom. The number of ether oxygens (including phenoxy) is 1. The molecule has 3 N–H and O–H groups in total. The molecule has 1 radical (unpaired) electrons. The Morgan fingerprint density at radius 2 is 2.27 bits per heavy atom. The van der Waals surface area contributed by atoms with E-state index in [4.69, 9.17) is 10.5 Å². The van der Waals surface area contributed by atoms with Gasteiger partial charge in [-0.05, 0) is 23.1 Å². The van der Waals surface area contributed by atoms with E-state index in [1.807, 2.05) is 11.0 Å². The fraction of sp³-hybridized carbons (Fsp3) is 0.500. The Hall–Kier alpha value is -2.35. The number of fused-ring (bicyclic) bond motifs is 1. The van der Waals surface area contributed by atoms with Crippen molar-refractivity contribution in [2.24, 2.45) is 10.9 Å². The van der Waals surface area contributed by atoms with Gasteiger partial charge >= 0.3 is 5.97 Å². The molecule has 0 aliphatic carbocycles. The predicted octanol–water partition coefficient (Wildman–Crippen LogP) is 1.79. The molecule has 0 amide bonds. The second kappa shape index (κ2) is 7.49. The summed E-state index contributed by atoms with van der Waals surface area (Å²) in [5.41, 5.74) is 8.70. The van der Waals surface area contributed by atoms with Crippen molar-refractivity contribution in [3.8, 4) is 5.75 Å². The van der Waals surface area contributed by atoms with Crippen LogP contribution < -0.4 is 10.5 Å². The van der Waals surface area contributed by atoms with Crippen LogP contribution in [0.15, 0.2) is 29.6 Å². The van der Waals surface area contributed by atoms with Gasteiger partial charge in [-0.25, -0.2) is 4.79 Å². The number of benzene rings is 1. The van der Waals surface area contributed by atoms with Crippen molar-refractivity contribution in [1.29, 1.82) is 0 Å². The fourth-order valence-electron chi connectivity index (χ4n) is 3.61. The van der Waals surface area contributed by atoms with Crippen LogP contribution in [0, 0.1) is 4.91 Å². The summed E-state index contributed by atoms with van der Waals surface area (Å²) >= 11 is 0. The molecule has 0 saturated carbocycles. The number of carboxylic acid groups (broad SMARTS) is 1. The number of nitrogens with zero attached hydrogens (tertiary/aromatic N) is 2. The highest BCUT2D eigenvalue weighted by Crippen LogP contribution is 2.36. The third-order valence-electron chi connectivity index (χ3n) is 5.17. The first-order valence-corrected chi connectivity index (χ1v) is 8.78. The molecule has 2 atom stereocenters. The first-order valence-electron chi connectivity index (χ1n) is 8.78. The molecule has 2 aliphatic rings. The van der Waals surface area contributed by atoms with Crippen LogP contribution in [-0.2, 0) is 6.32 Å². The van der Waals surface area contributed by atoms with Gasteiger partial charge in [-0.15, -0.1) is 0 Å². The lowest BCUT2D eigenvalue weighted by Crippen LogP contribution is -2.55. The highest BCUT2D eigenvalue weighted by molar-refractivity contribution is 6.36. The number of rotatable bonds is 7. The second-order valence-electron chi connectivity index (χ2n) is 7.00. The number of nitroso groups, excluding NO2 is 1. The molecule has 1 saturated heterocycles. The van der Waals surface area contributed by atoms with E-state index in [9.17, 15) is 14.8 Å². The van der Waals surface area contributed by atoms with Gasteiger partial charge in [0.05, 0.1) is 19.1 Å². The average Bonchev–Trinajstić information content (AvgIpc) is 2.56. The number of hydrogen-bond acceptors (Lipinski definition) is 6. The fourth-order valence-corrected chi connectivity index (χ4v) is 3.61. The monoisotopic (exact) mass is 356 g/mol. The van der Waals surface area contributed by atoms with Crippen LogP contribution >= 0.6 is 0 Å². The average molecular weight is 356 g/mol. The molecule has 0 aromatic heterocycles. The molecular formula is C18H23BN3O4. The Morgan fingerprint density at radius 1 is 1.54 bits per heavy atom. The van der Waals surface area contributed by atoms with E-state index in [1.165, 1.54) is 0 Å². The molecule has 8 heteroatoms. The summed E-state index contributed by atoms with van der Waals surface area (Å²) < 4.78 is 5.96. The molecular weight excluding hydrogens is 333 g/mol. The van der Waals surface area contributed by atoms with Gasteiger partial charge < -0.3 is 20.5 Å². The first kappa shape index (κ1) is 18.4. The SMILES string of the molecule is C=C(C(N)CN=O)N1CC(Oc2ccc3c(c2C(=O)O)C[B]C[C@@H]3C)C1. The minimum atomic E-state index is -0.959. The highest BCUT2D eigenvalue weighted by atomic mass is 16.5. The smallest absolute Gasteiger partial charge is 0.339 e. The van der Waals surface area contributed by atoms with Gasteiger partial charge in [0.25, 0.3) is 0 Å². The Kier molecular flexibility index (Phi) is 5.32. The van der Waals surface area contributed by atoms with Crippen molar-refractivity contribution < 1.29 is 14.6 Å². The number of aromatic carboxylic acids is 1. The van der Waals surface area contributed by atoms with Crippen molar-refractivity contribution in [2.45, 2.75) is 37.6 Å². The number of likely N-dealkylation sites (tertiary alicyclic amines) is 1. The molecule has 1 unspecified atom stereocenters.